The molecule has 0 radical (unpaired) electrons. The van der Waals surface area contributed by atoms with Gasteiger partial charge in [0.15, 0.2) is 0 Å². The average molecular weight is 223 g/mol. The predicted octanol–water partition coefficient (Wildman–Crippen LogP) is 0.0347. The largest absolute Gasteiger partial charge is 0.549 e. The van der Waals surface area contributed by atoms with Crippen molar-refractivity contribution in [2.24, 2.45) is 0 Å². The molecule has 0 aromatic heterocycles. The summed E-state index contributed by atoms with van der Waals surface area (Å²) in [4.78, 5) is 0. The van der Waals surface area contributed by atoms with Gasteiger partial charge in [-0.1, -0.05) is 0 Å². The highest BCUT2D eigenvalue weighted by molar-refractivity contribution is 6.58. The van der Waals surface area contributed by atoms with Crippen LogP contribution in [0.25, 0.3) is 0 Å². The van der Waals surface area contributed by atoms with E-state index >= 15 is 0 Å². The zero-order valence-corrected chi connectivity index (χ0v) is 11.1. The van der Waals surface area contributed by atoms with Gasteiger partial charge in [-0.2, -0.15) is 0 Å². The van der Waals surface area contributed by atoms with Crippen LogP contribution >= 0.6 is 0 Å². The maximum Gasteiger partial charge on any atom is 0.549 e. The predicted molar refractivity (Wildman–Crippen MR) is 55.9 cm³/mol. The van der Waals surface area contributed by atoms with Gasteiger partial charge in [-0.3, -0.25) is 13.6 Å². The molecule has 86 valence electrons. The van der Waals surface area contributed by atoms with Crippen LogP contribution in [0.4, 0.5) is 0 Å². The monoisotopic (exact) mass is 223 g/mol. The van der Waals surface area contributed by atoms with Gasteiger partial charge in [-0.25, -0.2) is 15.2 Å². The smallest absolute Gasteiger partial charge is 0.284 e. The molecule has 0 aliphatic rings. The van der Waals surface area contributed by atoms with Crippen LogP contribution in [0.5, 0.6) is 0 Å². The van der Waals surface area contributed by atoms with E-state index in [0.29, 0.717) is 0 Å². The molecule has 0 rings (SSSR count). The number of rotatable bonds is 6. The second-order valence-corrected chi connectivity index (χ2v) is 5.85. The first-order chi connectivity index (χ1) is 6.25. The van der Waals surface area contributed by atoms with Gasteiger partial charge >= 0.3 is 8.80 Å². The Morgan fingerprint density at radius 2 is 0.857 bits per heavy atom. The summed E-state index contributed by atoms with van der Waals surface area (Å²) in [6, 6.07) is 0. The van der Waals surface area contributed by atoms with Crippen molar-refractivity contribution in [3.63, 3.8) is 0 Å². The second kappa shape index (κ2) is 5.76. The van der Waals surface area contributed by atoms with Gasteiger partial charge in [0, 0.05) is 48.8 Å². The van der Waals surface area contributed by atoms with E-state index in [2.05, 4.69) is 0 Å². The molecule has 0 amide bonds. The van der Waals surface area contributed by atoms with Crippen LogP contribution in [0.1, 0.15) is 0 Å². The van der Waals surface area contributed by atoms with E-state index in [4.69, 9.17) is 13.6 Å². The van der Waals surface area contributed by atoms with E-state index in [1.165, 1.54) is 0 Å². The highest BCUT2D eigenvalue weighted by atomic mass is 28.4. The van der Waals surface area contributed by atoms with Crippen LogP contribution in [-0.2, 0) is 13.6 Å². The van der Waals surface area contributed by atoms with Crippen molar-refractivity contribution in [2.45, 2.75) is 6.55 Å². The summed E-state index contributed by atoms with van der Waals surface area (Å²) in [5.41, 5.74) is 0. The SMILES string of the molecule is CN(C)O[Si](C)(ON(C)C)ON(C)C. The first kappa shape index (κ1) is 14.0. The van der Waals surface area contributed by atoms with Gasteiger partial charge in [0.1, 0.15) is 0 Å². The molecule has 7 heteroatoms. The third-order valence-corrected chi connectivity index (χ3v) is 3.14. The van der Waals surface area contributed by atoms with Crippen molar-refractivity contribution in [1.82, 2.24) is 15.2 Å². The number of hydrogen-bond donors (Lipinski definition) is 0. The van der Waals surface area contributed by atoms with E-state index in [0.717, 1.165) is 0 Å². The number of nitrogens with zero attached hydrogens (tertiary/aromatic N) is 3. The van der Waals surface area contributed by atoms with Crippen molar-refractivity contribution < 1.29 is 13.6 Å². The molecule has 0 aliphatic heterocycles. The summed E-state index contributed by atoms with van der Waals surface area (Å²) in [6.45, 7) is 1.83. The van der Waals surface area contributed by atoms with Gasteiger partial charge < -0.3 is 0 Å². The Hall–Kier alpha value is -0.0231. The van der Waals surface area contributed by atoms with Crippen LogP contribution < -0.4 is 0 Å². The molecule has 0 unspecified atom stereocenters. The van der Waals surface area contributed by atoms with Crippen molar-refractivity contribution in [3.8, 4) is 0 Å². The summed E-state index contributed by atoms with van der Waals surface area (Å²) < 4.78 is 16.5. The third kappa shape index (κ3) is 6.43. The molecule has 0 aromatic rings. The Bertz CT molecular complexity index is 140. The van der Waals surface area contributed by atoms with Crippen molar-refractivity contribution in [3.05, 3.63) is 0 Å². The second-order valence-electron chi connectivity index (χ2n) is 3.57. The molecule has 0 heterocycles. The lowest BCUT2D eigenvalue weighted by Crippen LogP contribution is -2.51. The molecule has 6 nitrogen and oxygen atoms in total. The fraction of sp³-hybridized carbons (Fsp3) is 1.00. The van der Waals surface area contributed by atoms with Crippen LogP contribution in [-0.4, -0.2) is 66.3 Å². The first-order valence-electron chi connectivity index (χ1n) is 4.34. The molecule has 0 N–H and O–H groups in total. The Kier molecular flexibility index (Phi) is 5.75. The van der Waals surface area contributed by atoms with Crippen molar-refractivity contribution in [2.75, 3.05) is 42.3 Å². The minimum absolute atomic E-state index is 1.58. The van der Waals surface area contributed by atoms with Crippen LogP contribution in [0.2, 0.25) is 6.55 Å². The van der Waals surface area contributed by atoms with E-state index in [1.54, 1.807) is 57.5 Å². The Morgan fingerprint density at radius 1 is 0.643 bits per heavy atom. The maximum absolute atomic E-state index is 5.50. The van der Waals surface area contributed by atoms with Crippen molar-refractivity contribution in [1.29, 1.82) is 0 Å². The zero-order valence-electron chi connectivity index (χ0n) is 10.1. The molecule has 14 heavy (non-hydrogen) atoms. The Morgan fingerprint density at radius 3 is 1.00 bits per heavy atom. The van der Waals surface area contributed by atoms with E-state index in [9.17, 15) is 0 Å². The quantitative estimate of drug-likeness (QED) is 0.467. The lowest BCUT2D eigenvalue weighted by atomic mass is 11.2. The van der Waals surface area contributed by atoms with Gasteiger partial charge in [-0.15, -0.1) is 0 Å². The fourth-order valence-electron chi connectivity index (χ4n) is 1.04. The summed E-state index contributed by atoms with van der Waals surface area (Å²) in [7, 11) is 8.11. The van der Waals surface area contributed by atoms with Crippen molar-refractivity contribution >= 4 is 8.80 Å². The Balaban J connectivity index is 4.32. The topological polar surface area (TPSA) is 37.4 Å². The molecule has 0 atom stereocenters. The molecular formula is C7H21N3O3Si. The highest BCUT2D eigenvalue weighted by Crippen LogP contribution is 2.11. The van der Waals surface area contributed by atoms with Gasteiger partial charge in [0.05, 0.1) is 0 Å². The first-order valence-corrected chi connectivity index (χ1v) is 6.57. The molecule has 0 spiro atoms. The summed E-state index contributed by atoms with van der Waals surface area (Å²) >= 11 is 0. The summed E-state index contributed by atoms with van der Waals surface area (Å²) in [6.07, 6.45) is 0. The number of hydroxylamine groups is 6. The summed E-state index contributed by atoms with van der Waals surface area (Å²) in [5.74, 6) is 0. The standard InChI is InChI=1S/C7H21N3O3Si/c1-8(2)11-14(7,12-9(3)4)13-10(5)6/h1-7H3. The molecule has 0 aromatic carbocycles. The molecule has 0 aliphatic carbocycles. The maximum atomic E-state index is 5.50. The lowest BCUT2D eigenvalue weighted by Gasteiger charge is -2.31. The minimum Gasteiger partial charge on any atom is -0.284 e. The third-order valence-electron chi connectivity index (χ3n) is 1.05. The zero-order chi connectivity index (χ0) is 11.4. The van der Waals surface area contributed by atoms with E-state index in [1.807, 2.05) is 6.55 Å². The van der Waals surface area contributed by atoms with Crippen LogP contribution in [0.3, 0.4) is 0 Å². The highest BCUT2D eigenvalue weighted by Gasteiger charge is 2.40. The van der Waals surface area contributed by atoms with Gasteiger partial charge in [0.2, 0.25) is 0 Å². The van der Waals surface area contributed by atoms with E-state index in [-0.39, 0.29) is 0 Å². The minimum atomic E-state index is -2.66. The lowest BCUT2D eigenvalue weighted by molar-refractivity contribution is -0.190. The normalized spacial score (nSPS) is 13.3. The average Bonchev–Trinajstić information content (AvgIpc) is 1.76. The van der Waals surface area contributed by atoms with Crippen LogP contribution in [0, 0.1) is 0 Å². The van der Waals surface area contributed by atoms with E-state index < -0.39 is 8.80 Å². The Labute approximate surface area is 87.2 Å². The van der Waals surface area contributed by atoms with Crippen LogP contribution in [0.15, 0.2) is 0 Å². The molecule has 0 saturated carbocycles. The molecule has 0 saturated heterocycles. The summed E-state index contributed by atoms with van der Waals surface area (Å²) in [5, 5.41) is 4.75. The number of hydrogen-bond acceptors (Lipinski definition) is 6. The van der Waals surface area contributed by atoms with Gasteiger partial charge in [0.25, 0.3) is 0 Å². The molecular weight excluding hydrogens is 202 g/mol. The molecule has 0 fully saturated rings. The van der Waals surface area contributed by atoms with Gasteiger partial charge in [-0.05, 0) is 0 Å². The fourth-order valence-corrected chi connectivity index (χ4v) is 3.13. The molecule has 0 bridgehead atoms.